The molecule has 2 N–H and O–H groups in total. The van der Waals surface area contributed by atoms with Crippen LogP contribution in [-0.2, 0) is 4.79 Å². The summed E-state index contributed by atoms with van der Waals surface area (Å²) in [6.07, 6.45) is 3.24. The molecule has 1 aliphatic rings. The minimum Gasteiger partial charge on any atom is -0.325 e. The maximum Gasteiger partial charge on any atom is 0.237 e. The van der Waals surface area contributed by atoms with Gasteiger partial charge in [0.05, 0.1) is 10.7 Å². The molecule has 1 amide bonds. The van der Waals surface area contributed by atoms with Gasteiger partial charge in [0.2, 0.25) is 5.91 Å². The lowest BCUT2D eigenvalue weighted by atomic mass is 10.0. The Bertz CT molecular complexity index is 635. The van der Waals surface area contributed by atoms with Crippen LogP contribution in [0.1, 0.15) is 11.5 Å². The number of H-pyrrole nitrogens is 1. The summed E-state index contributed by atoms with van der Waals surface area (Å²) >= 11 is 3.31. The molecule has 3 rings (SSSR count). The first-order valence-corrected chi connectivity index (χ1v) is 6.18. The van der Waals surface area contributed by atoms with Crippen molar-refractivity contribution >= 4 is 39.6 Å². The zero-order chi connectivity index (χ0) is 12.5. The van der Waals surface area contributed by atoms with Gasteiger partial charge in [-0.25, -0.2) is 4.99 Å². The zero-order valence-corrected chi connectivity index (χ0v) is 10.8. The van der Waals surface area contributed by atoms with Gasteiger partial charge >= 0.3 is 0 Å². The molecule has 1 atom stereocenters. The Morgan fingerprint density at radius 2 is 2.22 bits per heavy atom. The van der Waals surface area contributed by atoms with E-state index in [0.717, 1.165) is 15.7 Å². The third-order valence-electron chi connectivity index (χ3n) is 2.76. The Morgan fingerprint density at radius 1 is 1.39 bits per heavy atom. The first-order chi connectivity index (χ1) is 8.75. The van der Waals surface area contributed by atoms with Crippen molar-refractivity contribution in [3.8, 4) is 0 Å². The molecule has 0 spiro atoms. The molecular formula is C12H9BrN4O. The predicted molar refractivity (Wildman–Crippen MR) is 72.3 cm³/mol. The summed E-state index contributed by atoms with van der Waals surface area (Å²) < 4.78 is 0.769. The largest absolute Gasteiger partial charge is 0.325 e. The Hall–Kier alpha value is -1.95. The number of benzene rings is 1. The van der Waals surface area contributed by atoms with Crippen LogP contribution in [0.25, 0.3) is 0 Å². The third kappa shape index (κ3) is 1.84. The second-order valence-electron chi connectivity index (χ2n) is 3.90. The number of nitrogens with zero attached hydrogens (tertiary/aromatic N) is 2. The maximum absolute atomic E-state index is 11.8. The Morgan fingerprint density at radius 3 is 3.00 bits per heavy atom. The second kappa shape index (κ2) is 4.38. The fraction of sp³-hybridized carbons (Fsp3) is 0.0833. The van der Waals surface area contributed by atoms with E-state index < -0.39 is 0 Å². The molecule has 1 unspecified atom stereocenters. The minimum absolute atomic E-state index is 0.0596. The number of nitrogens with one attached hydrogen (secondary N) is 2. The molecule has 0 bridgehead atoms. The van der Waals surface area contributed by atoms with Crippen LogP contribution in [0.4, 0.5) is 11.5 Å². The van der Waals surface area contributed by atoms with E-state index in [9.17, 15) is 4.79 Å². The normalized spacial score (nSPS) is 18.1. The summed E-state index contributed by atoms with van der Waals surface area (Å²) in [6, 6.07) is 7.61. The van der Waals surface area contributed by atoms with E-state index >= 15 is 0 Å². The molecule has 5 nitrogen and oxygen atoms in total. The molecule has 6 heteroatoms. The van der Waals surface area contributed by atoms with Crippen molar-refractivity contribution in [2.24, 2.45) is 4.99 Å². The van der Waals surface area contributed by atoms with Crippen molar-refractivity contribution in [2.75, 3.05) is 5.32 Å². The second-order valence-corrected chi connectivity index (χ2v) is 4.75. The van der Waals surface area contributed by atoms with Gasteiger partial charge < -0.3 is 5.32 Å². The Balaban J connectivity index is 1.92. The van der Waals surface area contributed by atoms with Crippen LogP contribution in [0.5, 0.6) is 0 Å². The number of para-hydroxylation sites is 1. The number of fused-ring (bicyclic) bond motifs is 1. The summed E-state index contributed by atoms with van der Waals surface area (Å²) in [4.78, 5) is 16.1. The van der Waals surface area contributed by atoms with E-state index in [1.54, 1.807) is 12.4 Å². The molecular weight excluding hydrogens is 296 g/mol. The number of aliphatic imine (C=N–C) groups is 1. The van der Waals surface area contributed by atoms with Gasteiger partial charge in [-0.05, 0) is 27.6 Å². The fourth-order valence-electron chi connectivity index (χ4n) is 1.89. The molecule has 2 aromatic rings. The number of aromatic nitrogens is 2. The topological polar surface area (TPSA) is 70.1 Å². The van der Waals surface area contributed by atoms with E-state index in [2.05, 4.69) is 36.4 Å². The number of halogens is 1. The summed E-state index contributed by atoms with van der Waals surface area (Å²) in [5, 5.41) is 9.41. The fourth-order valence-corrected chi connectivity index (χ4v) is 2.18. The monoisotopic (exact) mass is 304 g/mol. The highest BCUT2D eigenvalue weighted by Crippen LogP contribution is 2.31. The van der Waals surface area contributed by atoms with Crippen LogP contribution >= 0.6 is 15.9 Å². The molecule has 0 aliphatic carbocycles. The molecule has 1 aliphatic heterocycles. The molecule has 2 heterocycles. The highest BCUT2D eigenvalue weighted by atomic mass is 79.9. The zero-order valence-electron chi connectivity index (χ0n) is 9.22. The number of hydrogen-bond acceptors (Lipinski definition) is 3. The van der Waals surface area contributed by atoms with Gasteiger partial charge in [-0.1, -0.05) is 18.2 Å². The van der Waals surface area contributed by atoms with Gasteiger partial charge in [-0.3, -0.25) is 9.89 Å². The highest BCUT2D eigenvalue weighted by Gasteiger charge is 2.28. The van der Waals surface area contributed by atoms with E-state index in [1.807, 2.05) is 24.3 Å². The van der Waals surface area contributed by atoms with Crippen LogP contribution in [0.3, 0.4) is 0 Å². The number of amides is 1. The van der Waals surface area contributed by atoms with Crippen LogP contribution in [-0.4, -0.2) is 22.3 Å². The van der Waals surface area contributed by atoms with Crippen LogP contribution < -0.4 is 5.32 Å². The molecule has 18 heavy (non-hydrogen) atoms. The summed E-state index contributed by atoms with van der Waals surface area (Å²) in [7, 11) is 0. The number of hydrogen-bond donors (Lipinski definition) is 2. The highest BCUT2D eigenvalue weighted by molar-refractivity contribution is 9.10. The summed E-state index contributed by atoms with van der Waals surface area (Å²) in [5.41, 5.74) is 1.80. The lowest BCUT2D eigenvalue weighted by Crippen LogP contribution is -2.12. The smallest absolute Gasteiger partial charge is 0.237 e. The molecule has 90 valence electrons. The van der Waals surface area contributed by atoms with E-state index in [4.69, 9.17) is 0 Å². The quantitative estimate of drug-likeness (QED) is 0.837. The maximum atomic E-state index is 11.8. The lowest BCUT2D eigenvalue weighted by molar-refractivity contribution is -0.115. The van der Waals surface area contributed by atoms with Crippen molar-refractivity contribution in [1.29, 1.82) is 0 Å². The Kier molecular flexibility index (Phi) is 2.71. The average Bonchev–Trinajstić information content (AvgIpc) is 2.90. The van der Waals surface area contributed by atoms with E-state index in [0.29, 0.717) is 5.82 Å². The van der Waals surface area contributed by atoms with Gasteiger partial charge in [0.1, 0.15) is 5.92 Å². The molecule has 0 fully saturated rings. The van der Waals surface area contributed by atoms with Crippen molar-refractivity contribution in [1.82, 2.24) is 10.2 Å². The van der Waals surface area contributed by atoms with Crippen molar-refractivity contribution in [3.63, 3.8) is 0 Å². The van der Waals surface area contributed by atoms with Crippen molar-refractivity contribution in [2.45, 2.75) is 5.92 Å². The van der Waals surface area contributed by atoms with E-state index in [1.165, 1.54) is 0 Å². The van der Waals surface area contributed by atoms with Crippen LogP contribution in [0.15, 0.2) is 39.9 Å². The first kappa shape index (κ1) is 11.2. The standard InChI is InChI=1S/C12H9BrN4O/c13-9-6-15-17-11(9)14-5-8-7-3-1-2-4-10(7)16-12(8)18/h1-6,8H,(H,15,17)(H,16,18). The molecule has 0 saturated heterocycles. The van der Waals surface area contributed by atoms with Crippen LogP contribution in [0.2, 0.25) is 0 Å². The van der Waals surface area contributed by atoms with Crippen molar-refractivity contribution in [3.05, 3.63) is 40.5 Å². The predicted octanol–water partition coefficient (Wildman–Crippen LogP) is 2.61. The van der Waals surface area contributed by atoms with Crippen LogP contribution in [0, 0.1) is 0 Å². The summed E-state index contributed by atoms with van der Waals surface area (Å²) in [5.74, 6) is 0.194. The van der Waals surface area contributed by atoms with Gasteiger partial charge in [-0.2, -0.15) is 5.10 Å². The Labute approximate surface area is 111 Å². The first-order valence-electron chi connectivity index (χ1n) is 5.38. The number of aromatic amines is 1. The summed E-state index contributed by atoms with van der Waals surface area (Å²) in [6.45, 7) is 0. The van der Waals surface area contributed by atoms with Gasteiger partial charge in [0.15, 0.2) is 5.82 Å². The minimum atomic E-state index is -0.351. The number of carbonyl (C=O) groups excluding carboxylic acids is 1. The number of anilines is 1. The van der Waals surface area contributed by atoms with Gasteiger partial charge in [0, 0.05) is 11.9 Å². The molecule has 1 aromatic heterocycles. The average molecular weight is 305 g/mol. The van der Waals surface area contributed by atoms with Crippen molar-refractivity contribution < 1.29 is 4.79 Å². The SMILES string of the molecule is O=C1Nc2ccccc2C1C=Nc1[nH]ncc1Br. The van der Waals surface area contributed by atoms with Gasteiger partial charge in [0.25, 0.3) is 0 Å². The number of rotatable bonds is 2. The molecule has 0 saturated carbocycles. The van der Waals surface area contributed by atoms with Gasteiger partial charge in [-0.15, -0.1) is 0 Å². The lowest BCUT2D eigenvalue weighted by Gasteiger charge is -2.00. The van der Waals surface area contributed by atoms with E-state index in [-0.39, 0.29) is 11.8 Å². The number of carbonyl (C=O) groups is 1. The third-order valence-corrected chi connectivity index (χ3v) is 3.34. The molecule has 0 radical (unpaired) electrons. The molecule has 1 aromatic carbocycles.